The van der Waals surface area contributed by atoms with E-state index >= 15 is 0 Å². The molecule has 1 atom stereocenters. The number of ether oxygens (including phenoxy) is 2. The summed E-state index contributed by atoms with van der Waals surface area (Å²) < 4.78 is 10.4. The molecule has 0 fully saturated rings. The SMILES string of the molecule is COc1ccc(CCN2CC3=C(C2=O)[C@@H](c2ccc(OC)cc2)NC(=O)N3)cc1. The summed E-state index contributed by atoms with van der Waals surface area (Å²) in [6, 6.07) is 14.4. The lowest BCUT2D eigenvalue weighted by Crippen LogP contribution is -2.44. The van der Waals surface area contributed by atoms with Gasteiger partial charge in [-0.3, -0.25) is 4.79 Å². The third-order valence-corrected chi connectivity index (χ3v) is 5.30. The average molecular weight is 393 g/mol. The first-order chi connectivity index (χ1) is 14.1. The molecule has 0 aromatic heterocycles. The highest BCUT2D eigenvalue weighted by Gasteiger charge is 2.40. The zero-order valence-electron chi connectivity index (χ0n) is 16.4. The fraction of sp³-hybridized carbons (Fsp3) is 0.273. The topological polar surface area (TPSA) is 79.9 Å². The molecule has 0 radical (unpaired) electrons. The Bertz CT molecular complexity index is 951. The van der Waals surface area contributed by atoms with Crippen LogP contribution in [0.2, 0.25) is 0 Å². The number of methoxy groups -OCH3 is 2. The summed E-state index contributed by atoms with van der Waals surface area (Å²) in [7, 11) is 3.23. The van der Waals surface area contributed by atoms with Gasteiger partial charge in [0.1, 0.15) is 11.5 Å². The van der Waals surface area contributed by atoms with E-state index in [2.05, 4.69) is 10.6 Å². The van der Waals surface area contributed by atoms with Gasteiger partial charge in [-0.15, -0.1) is 0 Å². The van der Waals surface area contributed by atoms with Crippen molar-refractivity contribution in [2.24, 2.45) is 0 Å². The van der Waals surface area contributed by atoms with Crippen molar-refractivity contribution in [2.45, 2.75) is 12.5 Å². The summed E-state index contributed by atoms with van der Waals surface area (Å²) >= 11 is 0. The van der Waals surface area contributed by atoms with Crippen LogP contribution in [-0.4, -0.2) is 44.1 Å². The number of benzene rings is 2. The molecule has 0 saturated heterocycles. The predicted molar refractivity (Wildman–Crippen MR) is 108 cm³/mol. The van der Waals surface area contributed by atoms with Gasteiger partial charge in [-0.05, 0) is 41.8 Å². The molecule has 7 heteroatoms. The maximum absolute atomic E-state index is 13.1. The molecule has 7 nitrogen and oxygen atoms in total. The van der Waals surface area contributed by atoms with Gasteiger partial charge in [0.15, 0.2) is 0 Å². The number of nitrogens with zero attached hydrogens (tertiary/aromatic N) is 1. The first kappa shape index (κ1) is 18.9. The van der Waals surface area contributed by atoms with Crippen LogP contribution >= 0.6 is 0 Å². The molecule has 4 rings (SSSR count). The Balaban J connectivity index is 1.49. The highest BCUT2D eigenvalue weighted by atomic mass is 16.5. The van der Waals surface area contributed by atoms with Crippen LogP contribution in [0.5, 0.6) is 11.5 Å². The number of amides is 3. The maximum atomic E-state index is 13.1. The van der Waals surface area contributed by atoms with Gasteiger partial charge in [-0.2, -0.15) is 0 Å². The van der Waals surface area contributed by atoms with Crippen molar-refractivity contribution < 1.29 is 19.1 Å². The van der Waals surface area contributed by atoms with E-state index in [4.69, 9.17) is 9.47 Å². The van der Waals surface area contributed by atoms with Gasteiger partial charge in [0, 0.05) is 6.54 Å². The molecule has 0 bridgehead atoms. The van der Waals surface area contributed by atoms with Gasteiger partial charge in [-0.1, -0.05) is 24.3 Å². The molecule has 2 N–H and O–H groups in total. The Morgan fingerprint density at radius 3 is 2.21 bits per heavy atom. The molecule has 29 heavy (non-hydrogen) atoms. The van der Waals surface area contributed by atoms with Crippen LogP contribution in [-0.2, 0) is 11.2 Å². The van der Waals surface area contributed by atoms with Gasteiger partial charge in [0.25, 0.3) is 5.91 Å². The van der Waals surface area contributed by atoms with Crippen LogP contribution in [0, 0.1) is 0 Å². The van der Waals surface area contributed by atoms with Crippen molar-refractivity contribution in [3.05, 3.63) is 70.9 Å². The Hall–Kier alpha value is -3.48. The molecule has 2 aliphatic rings. The van der Waals surface area contributed by atoms with Crippen LogP contribution in [0.3, 0.4) is 0 Å². The first-order valence-corrected chi connectivity index (χ1v) is 9.45. The summed E-state index contributed by atoms with van der Waals surface area (Å²) in [5.41, 5.74) is 3.25. The van der Waals surface area contributed by atoms with Gasteiger partial charge >= 0.3 is 6.03 Å². The van der Waals surface area contributed by atoms with Crippen LogP contribution in [0.4, 0.5) is 4.79 Å². The highest BCUT2D eigenvalue weighted by molar-refractivity contribution is 6.01. The minimum absolute atomic E-state index is 0.0539. The summed E-state index contributed by atoms with van der Waals surface area (Å²) in [4.78, 5) is 27.0. The van der Waals surface area contributed by atoms with Crippen LogP contribution in [0.25, 0.3) is 0 Å². The van der Waals surface area contributed by atoms with Crippen molar-refractivity contribution >= 4 is 11.9 Å². The molecule has 2 aromatic rings. The molecule has 0 saturated carbocycles. The summed E-state index contributed by atoms with van der Waals surface area (Å²) in [6.07, 6.45) is 0.727. The zero-order chi connectivity index (χ0) is 20.4. The Labute approximate surface area is 169 Å². The van der Waals surface area contributed by atoms with E-state index in [9.17, 15) is 9.59 Å². The maximum Gasteiger partial charge on any atom is 0.319 e. The van der Waals surface area contributed by atoms with Crippen LogP contribution in [0.1, 0.15) is 17.2 Å². The third kappa shape index (κ3) is 3.76. The molecule has 2 heterocycles. The second-order valence-electron chi connectivity index (χ2n) is 7.02. The molecule has 0 unspecified atom stereocenters. The number of nitrogens with one attached hydrogen (secondary N) is 2. The van der Waals surface area contributed by atoms with E-state index in [-0.39, 0.29) is 11.9 Å². The van der Waals surface area contributed by atoms with Crippen molar-refractivity contribution in [3.63, 3.8) is 0 Å². The highest BCUT2D eigenvalue weighted by Crippen LogP contribution is 2.33. The number of hydrogen-bond acceptors (Lipinski definition) is 4. The molecule has 0 aliphatic carbocycles. The summed E-state index contributed by atoms with van der Waals surface area (Å²) in [6.45, 7) is 0.980. The molecule has 2 aromatic carbocycles. The average Bonchev–Trinajstić information content (AvgIpc) is 3.07. The van der Waals surface area contributed by atoms with Gasteiger partial charge in [-0.25, -0.2) is 4.79 Å². The summed E-state index contributed by atoms with van der Waals surface area (Å²) in [5.74, 6) is 1.48. The van der Waals surface area contributed by atoms with Crippen molar-refractivity contribution in [2.75, 3.05) is 27.3 Å². The van der Waals surface area contributed by atoms with E-state index in [1.54, 1.807) is 19.1 Å². The number of carbonyl (C=O) groups excluding carboxylic acids is 2. The largest absolute Gasteiger partial charge is 0.497 e. The van der Waals surface area contributed by atoms with E-state index in [1.807, 2.05) is 48.5 Å². The number of carbonyl (C=O) groups is 2. The molecular formula is C22H23N3O4. The van der Waals surface area contributed by atoms with Crippen molar-refractivity contribution in [1.29, 1.82) is 0 Å². The molecule has 3 amide bonds. The zero-order valence-corrected chi connectivity index (χ0v) is 16.4. The minimum Gasteiger partial charge on any atom is -0.497 e. The third-order valence-electron chi connectivity index (χ3n) is 5.30. The lowest BCUT2D eigenvalue weighted by molar-refractivity contribution is -0.125. The number of rotatable bonds is 6. The lowest BCUT2D eigenvalue weighted by atomic mass is 9.96. The Kier molecular flexibility index (Phi) is 5.12. The van der Waals surface area contributed by atoms with Crippen molar-refractivity contribution in [3.8, 4) is 11.5 Å². The van der Waals surface area contributed by atoms with E-state index in [0.717, 1.165) is 29.0 Å². The Morgan fingerprint density at radius 1 is 0.966 bits per heavy atom. The second kappa shape index (κ2) is 7.87. The van der Waals surface area contributed by atoms with Crippen LogP contribution in [0.15, 0.2) is 59.8 Å². The van der Waals surface area contributed by atoms with E-state index < -0.39 is 6.04 Å². The normalized spacial score (nSPS) is 18.3. The molecule has 2 aliphatic heterocycles. The van der Waals surface area contributed by atoms with Gasteiger partial charge in [0.05, 0.1) is 38.1 Å². The quantitative estimate of drug-likeness (QED) is 0.790. The van der Waals surface area contributed by atoms with Crippen molar-refractivity contribution in [1.82, 2.24) is 15.5 Å². The second-order valence-corrected chi connectivity index (χ2v) is 7.02. The minimum atomic E-state index is -0.469. The van der Waals surface area contributed by atoms with Gasteiger partial charge < -0.3 is 25.0 Å². The smallest absolute Gasteiger partial charge is 0.319 e. The molecule has 150 valence electrons. The number of urea groups is 1. The fourth-order valence-corrected chi connectivity index (χ4v) is 3.71. The summed E-state index contributed by atoms with van der Waals surface area (Å²) in [5, 5.41) is 5.67. The van der Waals surface area contributed by atoms with Gasteiger partial charge in [0.2, 0.25) is 0 Å². The molecular weight excluding hydrogens is 370 g/mol. The molecule has 0 spiro atoms. The monoisotopic (exact) mass is 393 g/mol. The first-order valence-electron chi connectivity index (χ1n) is 9.45. The standard InChI is InChI=1S/C22H23N3O4/c1-28-16-7-3-14(4-8-16)11-12-25-13-18-19(21(25)26)20(24-22(27)23-18)15-5-9-17(29-2)10-6-15/h3-10,20H,11-13H2,1-2H3,(H2,23,24,27)/t20-/m1/s1. The van der Waals surface area contributed by atoms with E-state index in [1.165, 1.54) is 0 Å². The van der Waals surface area contributed by atoms with E-state index in [0.29, 0.717) is 24.4 Å². The number of hydrogen-bond donors (Lipinski definition) is 2. The fourth-order valence-electron chi connectivity index (χ4n) is 3.71. The lowest BCUT2D eigenvalue weighted by Gasteiger charge is -2.25. The Morgan fingerprint density at radius 2 is 1.59 bits per heavy atom. The van der Waals surface area contributed by atoms with Crippen LogP contribution < -0.4 is 20.1 Å². The predicted octanol–water partition coefficient (Wildman–Crippen LogP) is 2.40.